The highest BCUT2D eigenvalue weighted by Gasteiger charge is 2.11. The lowest BCUT2D eigenvalue weighted by Gasteiger charge is -2.16. The number of carbonyl (C=O) groups is 2. The Morgan fingerprint density at radius 1 is 1.08 bits per heavy atom. The van der Waals surface area contributed by atoms with Crippen LogP contribution in [0.3, 0.4) is 0 Å². The van der Waals surface area contributed by atoms with Gasteiger partial charge in [0.05, 0.1) is 6.54 Å². The van der Waals surface area contributed by atoms with Crippen LogP contribution in [0.15, 0.2) is 60.7 Å². The number of amides is 2. The lowest BCUT2D eigenvalue weighted by atomic mass is 10.2. The summed E-state index contributed by atoms with van der Waals surface area (Å²) in [6.45, 7) is 3.78. The van der Waals surface area contributed by atoms with Crippen molar-refractivity contribution in [3.8, 4) is 11.5 Å². The topological polar surface area (TPSA) is 58.6 Å². The maximum absolute atomic E-state index is 12.1. The maximum atomic E-state index is 12.1. The van der Waals surface area contributed by atoms with Crippen LogP contribution in [-0.4, -0.2) is 36.3 Å². The van der Waals surface area contributed by atoms with Gasteiger partial charge in [-0.25, -0.2) is 0 Å². The zero-order valence-electron chi connectivity index (χ0n) is 15.3. The van der Waals surface area contributed by atoms with Gasteiger partial charge in [0.25, 0.3) is 0 Å². The molecule has 136 valence electrons. The van der Waals surface area contributed by atoms with E-state index in [1.54, 1.807) is 13.1 Å². The van der Waals surface area contributed by atoms with Crippen LogP contribution >= 0.6 is 0 Å². The number of benzene rings is 2. The fourth-order valence-corrected chi connectivity index (χ4v) is 2.26. The molecule has 0 aliphatic carbocycles. The van der Waals surface area contributed by atoms with E-state index in [9.17, 15) is 9.59 Å². The minimum Gasteiger partial charge on any atom is -0.457 e. The summed E-state index contributed by atoms with van der Waals surface area (Å²) in [7, 11) is 1.60. The lowest BCUT2D eigenvalue weighted by Crippen LogP contribution is -2.40. The summed E-state index contributed by atoms with van der Waals surface area (Å²) >= 11 is 0. The SMILES string of the molecule is CC(C)NC(=O)CN(C)C(=O)/C=C/c1cccc(Oc2ccccc2)c1. The van der Waals surface area contributed by atoms with Gasteiger partial charge in [-0.1, -0.05) is 30.3 Å². The van der Waals surface area contributed by atoms with E-state index >= 15 is 0 Å². The molecule has 0 aliphatic heterocycles. The fourth-order valence-electron chi connectivity index (χ4n) is 2.26. The second-order valence-corrected chi connectivity index (χ2v) is 6.24. The van der Waals surface area contributed by atoms with E-state index in [1.165, 1.54) is 11.0 Å². The van der Waals surface area contributed by atoms with Crippen molar-refractivity contribution in [2.45, 2.75) is 19.9 Å². The van der Waals surface area contributed by atoms with Crippen LogP contribution in [0, 0.1) is 0 Å². The van der Waals surface area contributed by atoms with E-state index in [0.717, 1.165) is 11.3 Å². The van der Waals surface area contributed by atoms with Crippen LogP contribution in [0.1, 0.15) is 19.4 Å². The average molecular weight is 352 g/mol. The van der Waals surface area contributed by atoms with E-state index in [-0.39, 0.29) is 24.4 Å². The molecule has 5 heteroatoms. The summed E-state index contributed by atoms with van der Waals surface area (Å²) in [5, 5.41) is 2.76. The molecule has 2 aromatic rings. The van der Waals surface area contributed by atoms with Gasteiger partial charge in [0, 0.05) is 19.2 Å². The first-order chi connectivity index (χ1) is 12.4. The van der Waals surface area contributed by atoms with Gasteiger partial charge in [0.1, 0.15) is 11.5 Å². The van der Waals surface area contributed by atoms with Crippen molar-refractivity contribution >= 4 is 17.9 Å². The van der Waals surface area contributed by atoms with Crippen molar-refractivity contribution in [2.75, 3.05) is 13.6 Å². The van der Waals surface area contributed by atoms with E-state index < -0.39 is 0 Å². The summed E-state index contributed by atoms with van der Waals surface area (Å²) < 4.78 is 5.78. The molecule has 0 spiro atoms. The number of carbonyl (C=O) groups excluding carboxylic acids is 2. The minimum atomic E-state index is -0.238. The number of rotatable bonds is 7. The molecule has 0 atom stereocenters. The molecule has 5 nitrogen and oxygen atoms in total. The Labute approximate surface area is 154 Å². The van der Waals surface area contributed by atoms with Crippen molar-refractivity contribution in [2.24, 2.45) is 0 Å². The van der Waals surface area contributed by atoms with Crippen molar-refractivity contribution in [3.05, 3.63) is 66.2 Å². The second-order valence-electron chi connectivity index (χ2n) is 6.24. The molecule has 2 aromatic carbocycles. The number of ether oxygens (including phenoxy) is 1. The summed E-state index contributed by atoms with van der Waals surface area (Å²) in [5.41, 5.74) is 0.840. The normalized spacial score (nSPS) is 10.8. The molecule has 0 saturated carbocycles. The van der Waals surface area contributed by atoms with Crippen LogP contribution in [-0.2, 0) is 9.59 Å². The van der Waals surface area contributed by atoms with Crippen LogP contribution in [0.4, 0.5) is 0 Å². The summed E-state index contributed by atoms with van der Waals surface area (Å²) in [6.07, 6.45) is 3.15. The highest BCUT2D eigenvalue weighted by atomic mass is 16.5. The van der Waals surface area contributed by atoms with Gasteiger partial charge in [-0.2, -0.15) is 0 Å². The Bertz CT molecular complexity index is 770. The highest BCUT2D eigenvalue weighted by molar-refractivity contribution is 5.94. The smallest absolute Gasteiger partial charge is 0.246 e. The molecule has 0 radical (unpaired) electrons. The average Bonchev–Trinajstić information content (AvgIpc) is 2.60. The molecule has 0 bridgehead atoms. The van der Waals surface area contributed by atoms with Crippen molar-refractivity contribution in [3.63, 3.8) is 0 Å². The molecule has 0 aliphatic rings. The van der Waals surface area contributed by atoms with Crippen LogP contribution in [0.2, 0.25) is 0 Å². The number of nitrogens with one attached hydrogen (secondary N) is 1. The van der Waals surface area contributed by atoms with E-state index in [4.69, 9.17) is 4.74 Å². The van der Waals surface area contributed by atoms with Gasteiger partial charge < -0.3 is 15.0 Å². The summed E-state index contributed by atoms with van der Waals surface area (Å²) in [6, 6.07) is 17.0. The first kappa shape index (κ1) is 19.2. The first-order valence-electron chi connectivity index (χ1n) is 8.49. The number of likely N-dealkylation sites (N-methyl/N-ethyl adjacent to an activating group) is 1. The zero-order chi connectivity index (χ0) is 18.9. The fraction of sp³-hybridized carbons (Fsp3) is 0.238. The third-order valence-corrected chi connectivity index (χ3v) is 3.46. The molecule has 26 heavy (non-hydrogen) atoms. The molecule has 0 aromatic heterocycles. The molecular formula is C21H24N2O3. The monoisotopic (exact) mass is 352 g/mol. The molecule has 0 unspecified atom stereocenters. The van der Waals surface area contributed by atoms with E-state index in [2.05, 4.69) is 5.32 Å². The summed E-state index contributed by atoms with van der Waals surface area (Å²) in [5.74, 6) is 1.02. The Kier molecular flexibility index (Phi) is 6.97. The number of hydrogen-bond donors (Lipinski definition) is 1. The molecule has 0 heterocycles. The highest BCUT2D eigenvalue weighted by Crippen LogP contribution is 2.22. The van der Waals surface area contributed by atoms with Crippen LogP contribution < -0.4 is 10.1 Å². The first-order valence-corrected chi connectivity index (χ1v) is 8.49. The molecule has 1 N–H and O–H groups in total. The number of hydrogen-bond acceptors (Lipinski definition) is 3. The van der Waals surface area contributed by atoms with Gasteiger partial charge in [-0.15, -0.1) is 0 Å². The van der Waals surface area contributed by atoms with Gasteiger partial charge in [0.2, 0.25) is 11.8 Å². The third-order valence-electron chi connectivity index (χ3n) is 3.46. The van der Waals surface area contributed by atoms with Gasteiger partial charge in [-0.3, -0.25) is 9.59 Å². The van der Waals surface area contributed by atoms with Gasteiger partial charge >= 0.3 is 0 Å². The predicted octanol–water partition coefficient (Wildman–Crippen LogP) is 3.48. The zero-order valence-corrected chi connectivity index (χ0v) is 15.3. The lowest BCUT2D eigenvalue weighted by molar-refractivity contribution is -0.131. The van der Waals surface area contributed by atoms with Crippen molar-refractivity contribution in [1.29, 1.82) is 0 Å². The van der Waals surface area contributed by atoms with Crippen LogP contribution in [0.5, 0.6) is 11.5 Å². The summed E-state index contributed by atoms with van der Waals surface area (Å²) in [4.78, 5) is 25.2. The minimum absolute atomic E-state index is 0.0263. The Morgan fingerprint density at radius 3 is 2.46 bits per heavy atom. The Hall–Kier alpha value is -3.08. The standard InChI is InChI=1S/C21H24N2O3/c1-16(2)22-20(24)15-23(3)21(25)13-12-17-8-7-11-19(14-17)26-18-9-5-4-6-10-18/h4-14,16H,15H2,1-3H3,(H,22,24)/b13-12+. The molecular weight excluding hydrogens is 328 g/mol. The predicted molar refractivity (Wildman–Crippen MR) is 103 cm³/mol. The quantitative estimate of drug-likeness (QED) is 0.776. The Morgan fingerprint density at radius 2 is 1.77 bits per heavy atom. The van der Waals surface area contributed by atoms with E-state index in [1.807, 2.05) is 68.4 Å². The van der Waals surface area contributed by atoms with Crippen molar-refractivity contribution in [1.82, 2.24) is 10.2 Å². The van der Waals surface area contributed by atoms with Gasteiger partial charge in [-0.05, 0) is 49.8 Å². The number of para-hydroxylation sites is 1. The molecule has 0 saturated heterocycles. The van der Waals surface area contributed by atoms with E-state index in [0.29, 0.717) is 5.75 Å². The third kappa shape index (κ3) is 6.43. The van der Waals surface area contributed by atoms with Crippen molar-refractivity contribution < 1.29 is 14.3 Å². The largest absolute Gasteiger partial charge is 0.457 e. The van der Waals surface area contributed by atoms with Crippen LogP contribution in [0.25, 0.3) is 6.08 Å². The molecule has 2 amide bonds. The number of nitrogens with zero attached hydrogens (tertiary/aromatic N) is 1. The second kappa shape index (κ2) is 9.42. The maximum Gasteiger partial charge on any atom is 0.246 e. The van der Waals surface area contributed by atoms with Gasteiger partial charge in [0.15, 0.2) is 0 Å². The Balaban J connectivity index is 1.95. The molecule has 0 fully saturated rings. The molecule has 2 rings (SSSR count).